The van der Waals surface area contributed by atoms with E-state index >= 15 is 0 Å². The molecular formula is C17H30IN5O4S. The number of benzene rings is 1. The van der Waals surface area contributed by atoms with Crippen LogP contribution in [0.2, 0.25) is 0 Å². The zero-order chi connectivity index (χ0) is 20.4. The Balaban J connectivity index is 0.00000729. The molecule has 0 fully saturated rings. The van der Waals surface area contributed by atoms with E-state index in [0.29, 0.717) is 25.0 Å². The van der Waals surface area contributed by atoms with Crippen LogP contribution in [0, 0.1) is 16.0 Å². The molecule has 0 aliphatic heterocycles. The third kappa shape index (κ3) is 9.53. The molecule has 1 rings (SSSR count). The van der Waals surface area contributed by atoms with Gasteiger partial charge >= 0.3 is 0 Å². The maximum atomic E-state index is 11.6. The van der Waals surface area contributed by atoms with Gasteiger partial charge < -0.3 is 16.0 Å². The standard InChI is InChI=1S/C17H29N5O4S.HI/c1-5-18-17(20-9-8-13(2)3)21-11-10-19-15-7-6-14(27(4,25)26)12-16(15)22(23)24;/h6-7,12-13,19H,5,8-11H2,1-4H3,(H2,18,20,21);1H. The van der Waals surface area contributed by atoms with E-state index < -0.39 is 14.8 Å². The molecule has 160 valence electrons. The number of nitrogens with one attached hydrogen (secondary N) is 3. The fraction of sp³-hybridized carbons (Fsp3) is 0.588. The SMILES string of the molecule is CCNC(=NCCC(C)C)NCCNc1ccc(S(C)(=O)=O)cc1[N+](=O)[O-].I. The molecule has 0 heterocycles. The van der Waals surface area contributed by atoms with Gasteiger partial charge in [-0.05, 0) is 31.4 Å². The first kappa shape index (κ1) is 26.4. The van der Waals surface area contributed by atoms with Crippen LogP contribution in [0.1, 0.15) is 27.2 Å². The molecule has 1 aromatic carbocycles. The highest BCUT2D eigenvalue weighted by Gasteiger charge is 2.18. The summed E-state index contributed by atoms with van der Waals surface area (Å²) in [7, 11) is -3.50. The number of hydrogen-bond acceptors (Lipinski definition) is 6. The normalized spacial score (nSPS) is 11.7. The first-order valence-electron chi connectivity index (χ1n) is 8.89. The van der Waals surface area contributed by atoms with E-state index in [1.807, 2.05) is 6.92 Å². The summed E-state index contributed by atoms with van der Waals surface area (Å²) in [4.78, 5) is 15.0. The van der Waals surface area contributed by atoms with E-state index in [1.54, 1.807) is 0 Å². The van der Waals surface area contributed by atoms with E-state index in [2.05, 4.69) is 34.8 Å². The molecule has 0 aromatic heterocycles. The van der Waals surface area contributed by atoms with Crippen molar-refractivity contribution in [2.75, 3.05) is 37.8 Å². The monoisotopic (exact) mass is 527 g/mol. The third-order valence-corrected chi connectivity index (χ3v) is 4.76. The van der Waals surface area contributed by atoms with Crippen LogP contribution >= 0.6 is 24.0 Å². The first-order chi connectivity index (χ1) is 12.6. The lowest BCUT2D eigenvalue weighted by molar-refractivity contribution is -0.384. The van der Waals surface area contributed by atoms with Gasteiger partial charge in [0.1, 0.15) is 5.69 Å². The molecule has 28 heavy (non-hydrogen) atoms. The van der Waals surface area contributed by atoms with E-state index in [9.17, 15) is 18.5 Å². The smallest absolute Gasteiger partial charge is 0.293 e. The van der Waals surface area contributed by atoms with Gasteiger partial charge in [-0.15, -0.1) is 24.0 Å². The molecule has 11 heteroatoms. The Morgan fingerprint density at radius 2 is 1.93 bits per heavy atom. The molecule has 0 atom stereocenters. The van der Waals surface area contributed by atoms with Crippen LogP contribution in [-0.2, 0) is 9.84 Å². The predicted octanol–water partition coefficient (Wildman–Crippen LogP) is 2.63. The predicted molar refractivity (Wildman–Crippen MR) is 124 cm³/mol. The van der Waals surface area contributed by atoms with Crippen LogP contribution in [0.5, 0.6) is 0 Å². The number of aliphatic imine (C=N–C) groups is 1. The maximum absolute atomic E-state index is 11.6. The van der Waals surface area contributed by atoms with Crippen LogP contribution in [0.15, 0.2) is 28.1 Å². The Morgan fingerprint density at radius 3 is 2.46 bits per heavy atom. The minimum absolute atomic E-state index is 0. The van der Waals surface area contributed by atoms with E-state index in [-0.39, 0.29) is 40.2 Å². The van der Waals surface area contributed by atoms with Crippen molar-refractivity contribution in [3.63, 3.8) is 0 Å². The maximum Gasteiger partial charge on any atom is 0.293 e. The summed E-state index contributed by atoms with van der Waals surface area (Å²) >= 11 is 0. The fourth-order valence-corrected chi connectivity index (χ4v) is 2.84. The van der Waals surface area contributed by atoms with Crippen molar-refractivity contribution in [2.45, 2.75) is 32.1 Å². The van der Waals surface area contributed by atoms with E-state index in [1.165, 1.54) is 12.1 Å². The van der Waals surface area contributed by atoms with Crippen molar-refractivity contribution in [1.82, 2.24) is 10.6 Å². The zero-order valence-corrected chi connectivity index (χ0v) is 19.8. The quantitative estimate of drug-likeness (QED) is 0.107. The third-order valence-electron chi connectivity index (χ3n) is 3.65. The molecule has 0 aliphatic rings. The van der Waals surface area contributed by atoms with Gasteiger partial charge in [0.2, 0.25) is 0 Å². The van der Waals surface area contributed by atoms with Crippen LogP contribution in [0.25, 0.3) is 0 Å². The number of guanidine groups is 1. The Hall–Kier alpha value is -1.63. The zero-order valence-electron chi connectivity index (χ0n) is 16.7. The largest absolute Gasteiger partial charge is 0.378 e. The average Bonchev–Trinajstić information content (AvgIpc) is 2.57. The molecule has 0 unspecified atom stereocenters. The number of nitro groups is 1. The summed E-state index contributed by atoms with van der Waals surface area (Å²) in [5.74, 6) is 1.27. The van der Waals surface area contributed by atoms with Gasteiger partial charge in [0, 0.05) is 38.5 Å². The summed E-state index contributed by atoms with van der Waals surface area (Å²) in [5, 5.41) is 20.5. The molecular weight excluding hydrogens is 497 g/mol. The van der Waals surface area contributed by atoms with Crippen molar-refractivity contribution >= 4 is 51.1 Å². The van der Waals surface area contributed by atoms with Crippen molar-refractivity contribution < 1.29 is 13.3 Å². The molecule has 0 saturated heterocycles. The molecule has 3 N–H and O–H groups in total. The summed E-state index contributed by atoms with van der Waals surface area (Å²) in [5.41, 5.74) is 0.00591. The first-order valence-corrected chi connectivity index (χ1v) is 10.8. The van der Waals surface area contributed by atoms with Gasteiger partial charge in [-0.3, -0.25) is 15.1 Å². The molecule has 0 radical (unpaired) electrons. The van der Waals surface area contributed by atoms with Crippen molar-refractivity contribution in [3.05, 3.63) is 28.3 Å². The summed E-state index contributed by atoms with van der Waals surface area (Å²) < 4.78 is 23.1. The van der Waals surface area contributed by atoms with Gasteiger partial charge in [0.15, 0.2) is 15.8 Å². The molecule has 0 aliphatic carbocycles. The Kier molecular flexibility index (Phi) is 12.0. The number of halogens is 1. The topological polar surface area (TPSA) is 126 Å². The number of nitrogens with zero attached hydrogens (tertiary/aromatic N) is 2. The number of anilines is 1. The number of rotatable bonds is 10. The summed E-state index contributed by atoms with van der Waals surface area (Å²) in [6.45, 7) is 8.62. The molecule has 0 amide bonds. The van der Waals surface area contributed by atoms with E-state index in [0.717, 1.165) is 31.8 Å². The molecule has 0 bridgehead atoms. The fourth-order valence-electron chi connectivity index (χ4n) is 2.20. The second kappa shape index (κ2) is 12.8. The minimum Gasteiger partial charge on any atom is -0.378 e. The second-order valence-electron chi connectivity index (χ2n) is 6.50. The van der Waals surface area contributed by atoms with Crippen molar-refractivity contribution in [3.8, 4) is 0 Å². The van der Waals surface area contributed by atoms with Gasteiger partial charge in [-0.2, -0.15) is 0 Å². The number of sulfone groups is 1. The van der Waals surface area contributed by atoms with Crippen LogP contribution in [0.4, 0.5) is 11.4 Å². The lowest BCUT2D eigenvalue weighted by atomic mass is 10.1. The van der Waals surface area contributed by atoms with Gasteiger partial charge in [0.25, 0.3) is 5.69 Å². The molecule has 9 nitrogen and oxygen atoms in total. The van der Waals surface area contributed by atoms with Crippen LogP contribution < -0.4 is 16.0 Å². The lowest BCUT2D eigenvalue weighted by Gasteiger charge is -2.13. The molecule has 1 aromatic rings. The molecule has 0 saturated carbocycles. The average molecular weight is 527 g/mol. The summed E-state index contributed by atoms with van der Waals surface area (Å²) in [6, 6.07) is 3.84. The van der Waals surface area contributed by atoms with Gasteiger partial charge in [0.05, 0.1) is 9.82 Å². The molecule has 0 spiro atoms. The minimum atomic E-state index is -3.50. The number of nitro benzene ring substituents is 1. The van der Waals surface area contributed by atoms with Crippen LogP contribution in [-0.4, -0.2) is 51.7 Å². The Labute approximate surface area is 183 Å². The Morgan fingerprint density at radius 1 is 1.25 bits per heavy atom. The highest BCUT2D eigenvalue weighted by Crippen LogP contribution is 2.27. The van der Waals surface area contributed by atoms with Crippen molar-refractivity contribution in [1.29, 1.82) is 0 Å². The van der Waals surface area contributed by atoms with Gasteiger partial charge in [-0.25, -0.2) is 8.42 Å². The van der Waals surface area contributed by atoms with Gasteiger partial charge in [-0.1, -0.05) is 13.8 Å². The Bertz CT molecular complexity index is 769. The number of hydrogen-bond donors (Lipinski definition) is 3. The summed E-state index contributed by atoms with van der Waals surface area (Å²) in [6.07, 6.45) is 2.01. The highest BCUT2D eigenvalue weighted by atomic mass is 127. The van der Waals surface area contributed by atoms with E-state index in [4.69, 9.17) is 0 Å². The second-order valence-corrected chi connectivity index (χ2v) is 8.52. The van der Waals surface area contributed by atoms with Crippen molar-refractivity contribution in [2.24, 2.45) is 10.9 Å². The lowest BCUT2D eigenvalue weighted by Crippen LogP contribution is -2.39. The highest BCUT2D eigenvalue weighted by molar-refractivity contribution is 14.0. The van der Waals surface area contributed by atoms with Crippen LogP contribution in [0.3, 0.4) is 0 Å².